The van der Waals surface area contributed by atoms with E-state index in [4.69, 9.17) is 37.2 Å². The quantitative estimate of drug-likeness (QED) is 0.405. The van der Waals surface area contributed by atoms with Crippen LogP contribution in [0.4, 0.5) is 5.69 Å². The van der Waals surface area contributed by atoms with E-state index in [-0.39, 0.29) is 17.0 Å². The number of hydrogen-bond acceptors (Lipinski definition) is 7. The summed E-state index contributed by atoms with van der Waals surface area (Å²) in [7, 11) is 0. The van der Waals surface area contributed by atoms with E-state index in [2.05, 4.69) is 9.97 Å². The van der Waals surface area contributed by atoms with Gasteiger partial charge in [0.05, 0.1) is 17.5 Å². The van der Waals surface area contributed by atoms with Gasteiger partial charge in [0.25, 0.3) is 0 Å². The minimum absolute atomic E-state index is 0.127. The molecule has 1 aromatic carbocycles. The van der Waals surface area contributed by atoms with Crippen LogP contribution < -0.4 is 10.5 Å². The zero-order valence-corrected chi connectivity index (χ0v) is 14.8. The second-order valence-electron chi connectivity index (χ2n) is 6.12. The van der Waals surface area contributed by atoms with Gasteiger partial charge in [-0.15, -0.1) is 0 Å². The molecule has 8 heteroatoms. The molecule has 1 atom stereocenters. The lowest BCUT2D eigenvalue weighted by Gasteiger charge is -2.16. The number of nitrogen functional groups attached to an aromatic ring is 1. The number of fused-ring (bicyclic) bond motifs is 1. The number of aromatic nitrogens is 2. The first-order chi connectivity index (χ1) is 13.1. The number of hydrogen-bond donors (Lipinski definition) is 2. The molecular formula is C19H14ClN5O2. The third kappa shape index (κ3) is 3.11. The van der Waals surface area contributed by atoms with Crippen LogP contribution in [0.5, 0.6) is 5.75 Å². The van der Waals surface area contributed by atoms with Gasteiger partial charge in [-0.25, -0.2) is 9.97 Å². The number of rotatable bonds is 4. The molecule has 0 unspecified atom stereocenters. The highest BCUT2D eigenvalue weighted by atomic mass is 35.5. The number of aryl methyl sites for hydroxylation is 1. The Morgan fingerprint density at radius 1 is 1.41 bits per heavy atom. The topological polar surface area (TPSA) is 122 Å². The van der Waals surface area contributed by atoms with Gasteiger partial charge in [0.2, 0.25) is 0 Å². The van der Waals surface area contributed by atoms with E-state index >= 15 is 0 Å². The standard InChI is InChI=1S/C19H14ClN5O2/c20-19-11(7-21)5-10-1-4-15(18(10)25-19)27-12-2-3-14(22)13(6-12)17(23)16-8-24-9-26-16/h2-3,5-6,8-9,15,23H,1,4,22H2/t15-/m0/s1. The molecule has 7 nitrogen and oxygen atoms in total. The summed E-state index contributed by atoms with van der Waals surface area (Å²) in [6.07, 6.45) is 3.93. The van der Waals surface area contributed by atoms with Crippen LogP contribution in [0.15, 0.2) is 41.3 Å². The zero-order chi connectivity index (χ0) is 19.0. The van der Waals surface area contributed by atoms with Crippen molar-refractivity contribution in [3.63, 3.8) is 0 Å². The Morgan fingerprint density at radius 2 is 2.26 bits per heavy atom. The molecule has 2 aromatic heterocycles. The van der Waals surface area contributed by atoms with E-state index in [9.17, 15) is 0 Å². The summed E-state index contributed by atoms with van der Waals surface area (Å²) in [4.78, 5) is 8.17. The van der Waals surface area contributed by atoms with E-state index in [0.717, 1.165) is 24.1 Å². The predicted octanol–water partition coefficient (Wildman–Crippen LogP) is 3.66. The van der Waals surface area contributed by atoms with Gasteiger partial charge < -0.3 is 14.9 Å². The number of pyridine rings is 1. The first kappa shape index (κ1) is 17.1. The molecule has 0 fully saturated rings. The van der Waals surface area contributed by atoms with Crippen LogP contribution in [-0.2, 0) is 6.42 Å². The Kier molecular flexibility index (Phi) is 4.26. The molecule has 4 rings (SSSR count). The van der Waals surface area contributed by atoms with E-state index < -0.39 is 0 Å². The maximum Gasteiger partial charge on any atom is 0.181 e. The van der Waals surface area contributed by atoms with Crippen LogP contribution in [0.25, 0.3) is 0 Å². The number of nitrogens with zero attached hydrogens (tertiary/aromatic N) is 3. The minimum atomic E-state index is -0.277. The van der Waals surface area contributed by atoms with Crippen LogP contribution in [0, 0.1) is 16.7 Å². The Hall–Kier alpha value is -3.37. The smallest absolute Gasteiger partial charge is 0.181 e. The lowest BCUT2D eigenvalue weighted by atomic mass is 10.1. The Morgan fingerprint density at radius 3 is 3.00 bits per heavy atom. The Balaban J connectivity index is 1.62. The van der Waals surface area contributed by atoms with Crippen molar-refractivity contribution in [2.45, 2.75) is 18.9 Å². The monoisotopic (exact) mass is 379 g/mol. The second kappa shape index (κ2) is 6.74. The fraction of sp³-hybridized carbons (Fsp3) is 0.158. The van der Waals surface area contributed by atoms with Gasteiger partial charge in [-0.05, 0) is 42.7 Å². The van der Waals surface area contributed by atoms with Crippen molar-refractivity contribution < 1.29 is 9.15 Å². The molecule has 134 valence electrons. The minimum Gasteiger partial charge on any atom is -0.484 e. The number of nitriles is 1. The van der Waals surface area contributed by atoms with Gasteiger partial charge in [0, 0.05) is 11.3 Å². The summed E-state index contributed by atoms with van der Waals surface area (Å²) in [6, 6.07) is 8.94. The van der Waals surface area contributed by atoms with E-state index in [1.807, 2.05) is 6.07 Å². The average molecular weight is 380 g/mol. The zero-order valence-electron chi connectivity index (χ0n) is 14.1. The van der Waals surface area contributed by atoms with E-state index in [1.54, 1.807) is 24.3 Å². The van der Waals surface area contributed by atoms with Crippen molar-refractivity contribution in [3.05, 3.63) is 70.2 Å². The second-order valence-corrected chi connectivity index (χ2v) is 6.48. The highest BCUT2D eigenvalue weighted by Crippen LogP contribution is 2.36. The molecule has 3 aromatic rings. The van der Waals surface area contributed by atoms with Gasteiger partial charge >= 0.3 is 0 Å². The van der Waals surface area contributed by atoms with Crippen molar-refractivity contribution in [2.75, 3.05) is 5.73 Å². The molecule has 2 heterocycles. The molecule has 0 saturated heterocycles. The molecule has 0 bridgehead atoms. The molecule has 1 aliphatic carbocycles. The van der Waals surface area contributed by atoms with Crippen molar-refractivity contribution in [2.24, 2.45) is 0 Å². The Labute approximate surface area is 159 Å². The number of ether oxygens (including phenoxy) is 1. The SMILES string of the molecule is N#Cc1cc2c(nc1Cl)[C@@H](Oc1ccc(N)c(C(=N)c3cnco3)c1)CC2. The number of nitrogens with two attached hydrogens (primary N) is 1. The lowest BCUT2D eigenvalue weighted by Crippen LogP contribution is -2.09. The van der Waals surface area contributed by atoms with Crippen molar-refractivity contribution in [1.82, 2.24) is 9.97 Å². The van der Waals surface area contributed by atoms with Crippen molar-refractivity contribution in [1.29, 1.82) is 10.7 Å². The maximum atomic E-state index is 9.09. The van der Waals surface area contributed by atoms with Crippen LogP contribution in [0.2, 0.25) is 5.15 Å². The number of halogens is 1. The van der Waals surface area contributed by atoms with Crippen LogP contribution in [-0.4, -0.2) is 15.7 Å². The fourth-order valence-corrected chi connectivity index (χ4v) is 3.29. The van der Waals surface area contributed by atoms with Crippen molar-refractivity contribution >= 4 is 23.0 Å². The molecule has 0 aliphatic heterocycles. The van der Waals surface area contributed by atoms with E-state index in [1.165, 1.54) is 12.6 Å². The van der Waals surface area contributed by atoms with Gasteiger partial charge in [-0.1, -0.05) is 11.6 Å². The van der Waals surface area contributed by atoms with Crippen molar-refractivity contribution in [3.8, 4) is 11.8 Å². The number of benzene rings is 1. The Bertz CT molecular complexity index is 1070. The highest BCUT2D eigenvalue weighted by Gasteiger charge is 2.28. The van der Waals surface area contributed by atoms with Crippen LogP contribution >= 0.6 is 11.6 Å². The molecule has 0 spiro atoms. The summed E-state index contributed by atoms with van der Waals surface area (Å²) < 4.78 is 11.3. The lowest BCUT2D eigenvalue weighted by molar-refractivity contribution is 0.203. The predicted molar refractivity (Wildman–Crippen MR) is 98.9 cm³/mol. The summed E-state index contributed by atoms with van der Waals surface area (Å²) in [5, 5.41) is 17.5. The average Bonchev–Trinajstić information content (AvgIpc) is 3.33. The number of oxazole rings is 1. The van der Waals surface area contributed by atoms with Gasteiger partial charge in [0.15, 0.2) is 12.2 Å². The van der Waals surface area contributed by atoms with Crippen LogP contribution in [0.3, 0.4) is 0 Å². The molecule has 0 radical (unpaired) electrons. The molecule has 0 saturated carbocycles. The molecule has 3 N–H and O–H groups in total. The highest BCUT2D eigenvalue weighted by molar-refractivity contribution is 6.30. The third-order valence-electron chi connectivity index (χ3n) is 4.44. The summed E-state index contributed by atoms with van der Waals surface area (Å²) in [5.41, 5.74) is 9.14. The molecule has 0 amide bonds. The van der Waals surface area contributed by atoms with Gasteiger partial charge in [-0.3, -0.25) is 5.41 Å². The first-order valence-corrected chi connectivity index (χ1v) is 8.58. The molecule has 27 heavy (non-hydrogen) atoms. The van der Waals surface area contributed by atoms with Gasteiger partial charge in [-0.2, -0.15) is 5.26 Å². The van der Waals surface area contributed by atoms with E-state index in [0.29, 0.717) is 28.3 Å². The summed E-state index contributed by atoms with van der Waals surface area (Å²) in [5.74, 6) is 0.881. The van der Waals surface area contributed by atoms with Gasteiger partial charge in [0.1, 0.15) is 28.8 Å². The largest absolute Gasteiger partial charge is 0.484 e. The van der Waals surface area contributed by atoms with Crippen LogP contribution in [0.1, 0.15) is 40.7 Å². The third-order valence-corrected chi connectivity index (χ3v) is 4.73. The molecule has 1 aliphatic rings. The number of nitrogens with one attached hydrogen (secondary N) is 1. The summed E-state index contributed by atoms with van der Waals surface area (Å²) in [6.45, 7) is 0. The summed E-state index contributed by atoms with van der Waals surface area (Å²) >= 11 is 6.07. The maximum absolute atomic E-state index is 9.09. The molecular weight excluding hydrogens is 366 g/mol. The number of anilines is 1. The fourth-order valence-electron chi connectivity index (χ4n) is 3.10. The normalized spacial score (nSPS) is 15.2. The first-order valence-electron chi connectivity index (χ1n) is 8.20.